The molecule has 0 amide bonds. The van der Waals surface area contributed by atoms with Crippen LogP contribution in [-0.4, -0.2) is 23.0 Å². The lowest BCUT2D eigenvalue weighted by molar-refractivity contribution is -0.136. The Labute approximate surface area is 129 Å². The summed E-state index contributed by atoms with van der Waals surface area (Å²) in [6.07, 6.45) is 0.0652. The molecule has 1 N–H and O–H groups in total. The topological polar surface area (TPSA) is 40.5 Å². The molecule has 0 aliphatic heterocycles. The average molecular weight is 304 g/mol. The number of hydrogen-bond donors (Lipinski definition) is 1. The highest BCUT2D eigenvalue weighted by molar-refractivity contribution is 6.31. The van der Waals surface area contributed by atoms with E-state index in [1.54, 1.807) is 0 Å². The molecule has 0 atom stereocenters. The van der Waals surface area contributed by atoms with Gasteiger partial charge < -0.3 is 5.11 Å². The van der Waals surface area contributed by atoms with E-state index in [1.165, 1.54) is 0 Å². The normalized spacial score (nSPS) is 10.8. The second-order valence-corrected chi connectivity index (χ2v) is 5.56. The third-order valence-electron chi connectivity index (χ3n) is 3.23. The molecule has 2 rings (SSSR count). The number of carboxylic acids is 1. The van der Waals surface area contributed by atoms with Gasteiger partial charge in [0.1, 0.15) is 0 Å². The van der Waals surface area contributed by atoms with Crippen molar-refractivity contribution >= 4 is 17.6 Å². The zero-order valence-electron chi connectivity index (χ0n) is 11.9. The summed E-state index contributed by atoms with van der Waals surface area (Å²) >= 11 is 6.16. The van der Waals surface area contributed by atoms with Crippen LogP contribution in [0, 0.1) is 0 Å². The van der Waals surface area contributed by atoms with Crippen LogP contribution in [0.4, 0.5) is 0 Å². The van der Waals surface area contributed by atoms with E-state index in [9.17, 15) is 4.79 Å². The van der Waals surface area contributed by atoms with E-state index in [0.717, 1.165) is 34.8 Å². The minimum absolute atomic E-state index is 0.0652. The molecule has 0 aliphatic carbocycles. The van der Waals surface area contributed by atoms with E-state index >= 15 is 0 Å². The van der Waals surface area contributed by atoms with E-state index in [1.807, 2.05) is 55.6 Å². The summed E-state index contributed by atoms with van der Waals surface area (Å²) in [7, 11) is 2.04. The molecule has 110 valence electrons. The summed E-state index contributed by atoms with van der Waals surface area (Å²) < 4.78 is 0. The Morgan fingerprint density at radius 3 is 2.29 bits per heavy atom. The molecule has 0 aromatic heterocycles. The first-order valence-corrected chi connectivity index (χ1v) is 7.14. The van der Waals surface area contributed by atoms with E-state index in [2.05, 4.69) is 4.90 Å². The molecular formula is C17H18ClNO2. The van der Waals surface area contributed by atoms with Crippen LogP contribution >= 0.6 is 11.6 Å². The maximum Gasteiger partial charge on any atom is 0.307 e. The molecule has 0 aliphatic rings. The molecule has 0 bridgehead atoms. The van der Waals surface area contributed by atoms with Crippen molar-refractivity contribution in [3.05, 3.63) is 70.2 Å². The Hall–Kier alpha value is -1.84. The largest absolute Gasteiger partial charge is 0.481 e. The van der Waals surface area contributed by atoms with Crippen LogP contribution < -0.4 is 0 Å². The third-order valence-corrected chi connectivity index (χ3v) is 3.60. The summed E-state index contributed by atoms with van der Waals surface area (Å²) in [5, 5.41) is 9.53. The van der Waals surface area contributed by atoms with Gasteiger partial charge in [-0.3, -0.25) is 9.69 Å². The predicted molar refractivity (Wildman–Crippen MR) is 84.4 cm³/mol. The van der Waals surface area contributed by atoms with Crippen molar-refractivity contribution in [1.82, 2.24) is 4.90 Å². The van der Waals surface area contributed by atoms with Gasteiger partial charge in [-0.2, -0.15) is 0 Å². The maximum atomic E-state index is 10.6. The van der Waals surface area contributed by atoms with E-state index in [0.29, 0.717) is 0 Å². The summed E-state index contributed by atoms with van der Waals surface area (Å²) in [5.74, 6) is -0.807. The Balaban J connectivity index is 1.95. The first kappa shape index (κ1) is 15.5. The maximum absolute atomic E-state index is 10.6. The minimum Gasteiger partial charge on any atom is -0.481 e. The molecule has 2 aromatic carbocycles. The van der Waals surface area contributed by atoms with E-state index in [-0.39, 0.29) is 6.42 Å². The van der Waals surface area contributed by atoms with Crippen LogP contribution in [0.1, 0.15) is 16.7 Å². The van der Waals surface area contributed by atoms with Crippen LogP contribution in [0.3, 0.4) is 0 Å². The summed E-state index contributed by atoms with van der Waals surface area (Å²) in [5.41, 5.74) is 3.07. The fourth-order valence-electron chi connectivity index (χ4n) is 2.22. The van der Waals surface area contributed by atoms with Crippen molar-refractivity contribution in [2.45, 2.75) is 19.5 Å². The fourth-order valence-corrected chi connectivity index (χ4v) is 2.42. The zero-order chi connectivity index (χ0) is 15.2. The number of halogens is 1. The van der Waals surface area contributed by atoms with Crippen molar-refractivity contribution in [1.29, 1.82) is 0 Å². The molecule has 0 saturated heterocycles. The van der Waals surface area contributed by atoms with Gasteiger partial charge in [-0.15, -0.1) is 0 Å². The third kappa shape index (κ3) is 4.88. The summed E-state index contributed by atoms with van der Waals surface area (Å²) in [6.45, 7) is 1.56. The SMILES string of the molecule is CN(Cc1ccc(CC(=O)O)cc1)Cc1ccccc1Cl. The van der Waals surface area contributed by atoms with Gasteiger partial charge in [0.05, 0.1) is 6.42 Å². The van der Waals surface area contributed by atoms with Gasteiger partial charge in [0, 0.05) is 18.1 Å². The van der Waals surface area contributed by atoms with Crippen molar-refractivity contribution < 1.29 is 9.90 Å². The molecular weight excluding hydrogens is 286 g/mol. The molecule has 0 spiro atoms. The number of benzene rings is 2. The zero-order valence-corrected chi connectivity index (χ0v) is 12.7. The quantitative estimate of drug-likeness (QED) is 0.886. The van der Waals surface area contributed by atoms with Crippen molar-refractivity contribution in [3.8, 4) is 0 Å². The first-order valence-electron chi connectivity index (χ1n) is 6.76. The van der Waals surface area contributed by atoms with Crippen LogP contribution in [0.5, 0.6) is 0 Å². The van der Waals surface area contributed by atoms with Crippen LogP contribution in [0.2, 0.25) is 5.02 Å². The highest BCUT2D eigenvalue weighted by atomic mass is 35.5. The predicted octanol–water partition coefficient (Wildman–Crippen LogP) is 3.60. The monoisotopic (exact) mass is 303 g/mol. The summed E-state index contributed by atoms with van der Waals surface area (Å²) in [6, 6.07) is 15.5. The molecule has 0 unspecified atom stereocenters. The van der Waals surface area contributed by atoms with Crippen LogP contribution in [0.25, 0.3) is 0 Å². The fraction of sp³-hybridized carbons (Fsp3) is 0.235. The highest BCUT2D eigenvalue weighted by Crippen LogP contribution is 2.17. The molecule has 0 radical (unpaired) electrons. The smallest absolute Gasteiger partial charge is 0.307 e. The van der Waals surface area contributed by atoms with Gasteiger partial charge in [-0.25, -0.2) is 0 Å². The van der Waals surface area contributed by atoms with Crippen molar-refractivity contribution in [2.75, 3.05) is 7.05 Å². The molecule has 2 aromatic rings. The van der Waals surface area contributed by atoms with Gasteiger partial charge >= 0.3 is 5.97 Å². The molecule has 21 heavy (non-hydrogen) atoms. The second-order valence-electron chi connectivity index (χ2n) is 5.15. The Kier molecular flexibility index (Phi) is 5.37. The molecule has 0 heterocycles. The first-order chi connectivity index (χ1) is 10.0. The number of aliphatic carboxylic acids is 1. The van der Waals surface area contributed by atoms with Crippen LogP contribution in [0.15, 0.2) is 48.5 Å². The van der Waals surface area contributed by atoms with E-state index in [4.69, 9.17) is 16.7 Å². The van der Waals surface area contributed by atoms with Gasteiger partial charge in [0.2, 0.25) is 0 Å². The molecule has 0 saturated carbocycles. The lowest BCUT2D eigenvalue weighted by Gasteiger charge is -2.17. The standard InChI is InChI=1S/C17H18ClNO2/c1-19(12-15-4-2-3-5-16(15)18)11-14-8-6-13(7-9-14)10-17(20)21/h2-9H,10-12H2,1H3,(H,20,21). The van der Waals surface area contributed by atoms with Crippen molar-refractivity contribution in [3.63, 3.8) is 0 Å². The highest BCUT2D eigenvalue weighted by Gasteiger charge is 2.05. The molecule has 0 fully saturated rings. The number of nitrogens with zero attached hydrogens (tertiary/aromatic N) is 1. The number of carbonyl (C=O) groups is 1. The van der Waals surface area contributed by atoms with Gasteiger partial charge in [0.25, 0.3) is 0 Å². The molecule has 4 heteroatoms. The summed E-state index contributed by atoms with van der Waals surface area (Å²) in [4.78, 5) is 12.8. The second kappa shape index (κ2) is 7.25. The lowest BCUT2D eigenvalue weighted by Crippen LogP contribution is -2.17. The van der Waals surface area contributed by atoms with Gasteiger partial charge in [-0.05, 0) is 29.8 Å². The van der Waals surface area contributed by atoms with Crippen molar-refractivity contribution in [2.24, 2.45) is 0 Å². The van der Waals surface area contributed by atoms with E-state index < -0.39 is 5.97 Å². The van der Waals surface area contributed by atoms with Gasteiger partial charge in [0.15, 0.2) is 0 Å². The Morgan fingerprint density at radius 2 is 1.67 bits per heavy atom. The van der Waals surface area contributed by atoms with Gasteiger partial charge in [-0.1, -0.05) is 54.1 Å². The number of hydrogen-bond acceptors (Lipinski definition) is 2. The number of carboxylic acid groups (broad SMARTS) is 1. The van der Waals surface area contributed by atoms with Crippen LogP contribution in [-0.2, 0) is 24.3 Å². The lowest BCUT2D eigenvalue weighted by atomic mass is 10.1. The average Bonchev–Trinajstić information content (AvgIpc) is 2.43. The number of rotatable bonds is 6. The Bertz CT molecular complexity index is 610. The minimum atomic E-state index is -0.807. The Morgan fingerprint density at radius 1 is 1.05 bits per heavy atom. The molecule has 3 nitrogen and oxygen atoms in total.